The molecule has 40 heavy (non-hydrogen) atoms. The number of hydrazine groups is 1. The Labute approximate surface area is 229 Å². The molecule has 1 aliphatic heterocycles. The minimum Gasteiger partial charge on any atom is -0.457 e. The lowest BCUT2D eigenvalue weighted by Gasteiger charge is -2.35. The van der Waals surface area contributed by atoms with Crippen LogP contribution in [0.5, 0.6) is 0 Å². The lowest BCUT2D eigenvalue weighted by molar-refractivity contribution is -0.141. The van der Waals surface area contributed by atoms with Crippen molar-refractivity contribution < 1.29 is 27.4 Å². The first-order valence-corrected chi connectivity index (χ1v) is 12.2. The molecule has 0 radical (unpaired) electrons. The van der Waals surface area contributed by atoms with E-state index in [4.69, 9.17) is 14.5 Å². The molecule has 0 saturated heterocycles. The minimum atomic E-state index is -4.58. The summed E-state index contributed by atoms with van der Waals surface area (Å²) in [7, 11) is 1.47. The van der Waals surface area contributed by atoms with Gasteiger partial charge in [-0.2, -0.15) is 18.4 Å². The monoisotopic (exact) mass is 549 g/mol. The second-order valence-electron chi connectivity index (χ2n) is 8.77. The topological polar surface area (TPSA) is 99.0 Å². The number of nitriles is 1. The van der Waals surface area contributed by atoms with Crippen molar-refractivity contribution in [1.82, 2.24) is 10.9 Å². The average molecular weight is 550 g/mol. The molecule has 2 N–H and O–H groups in total. The largest absolute Gasteiger partial charge is 0.457 e. The van der Waals surface area contributed by atoms with E-state index >= 15 is 0 Å². The summed E-state index contributed by atoms with van der Waals surface area (Å²) in [5.74, 6) is -0.553. The maximum atomic E-state index is 13.6. The number of esters is 1. The van der Waals surface area contributed by atoms with Crippen molar-refractivity contribution in [1.29, 1.82) is 5.26 Å². The minimum absolute atomic E-state index is 0.00960. The molecule has 0 aliphatic carbocycles. The Morgan fingerprint density at radius 1 is 1.07 bits per heavy atom. The van der Waals surface area contributed by atoms with Gasteiger partial charge in [-0.3, -0.25) is 10.3 Å². The van der Waals surface area contributed by atoms with Gasteiger partial charge in [-0.15, -0.1) is 0 Å². The van der Waals surface area contributed by atoms with E-state index in [2.05, 4.69) is 16.9 Å². The molecule has 1 heterocycles. The molecule has 1 unspecified atom stereocenters. The van der Waals surface area contributed by atoms with Crippen molar-refractivity contribution in [2.24, 2.45) is 4.99 Å². The van der Waals surface area contributed by atoms with E-state index < -0.39 is 23.8 Å². The summed E-state index contributed by atoms with van der Waals surface area (Å²) in [6.45, 7) is 1.67. The SMILES string of the molecule is COCNNC1=NC(c2ccc(C#N)cc2)C(C(=O)OCc2ccccc2)=C(C)N1c1cccc(C(F)(F)F)c1. The van der Waals surface area contributed by atoms with Crippen molar-refractivity contribution in [2.45, 2.75) is 25.7 Å². The molecule has 11 heteroatoms. The van der Waals surface area contributed by atoms with Crippen LogP contribution in [0.25, 0.3) is 0 Å². The fraction of sp³-hybridized carbons (Fsp3) is 0.207. The zero-order chi connectivity index (χ0) is 28.7. The van der Waals surface area contributed by atoms with Crippen molar-refractivity contribution in [3.05, 3.63) is 112 Å². The first-order valence-electron chi connectivity index (χ1n) is 12.2. The molecule has 3 aromatic rings. The number of hydrogen-bond donors (Lipinski definition) is 2. The molecule has 0 bridgehead atoms. The molecule has 0 amide bonds. The van der Waals surface area contributed by atoms with Crippen LogP contribution in [0, 0.1) is 11.3 Å². The zero-order valence-corrected chi connectivity index (χ0v) is 21.7. The van der Waals surface area contributed by atoms with Crippen LogP contribution in [-0.4, -0.2) is 25.8 Å². The number of nitrogens with zero attached hydrogens (tertiary/aromatic N) is 3. The summed E-state index contributed by atoms with van der Waals surface area (Å²) in [6, 6.07) is 21.5. The quantitative estimate of drug-likeness (QED) is 0.172. The molecule has 4 rings (SSSR count). The molecule has 0 aromatic heterocycles. The number of halogens is 3. The van der Waals surface area contributed by atoms with Gasteiger partial charge in [0.1, 0.15) is 19.4 Å². The van der Waals surface area contributed by atoms with Gasteiger partial charge in [-0.1, -0.05) is 48.5 Å². The summed E-state index contributed by atoms with van der Waals surface area (Å²) >= 11 is 0. The van der Waals surface area contributed by atoms with Gasteiger partial charge in [0.25, 0.3) is 0 Å². The number of anilines is 1. The van der Waals surface area contributed by atoms with E-state index in [0.717, 1.165) is 17.7 Å². The molecular formula is C29H26F3N5O3. The summed E-state index contributed by atoms with van der Waals surface area (Å²) < 4.78 is 51.4. The third-order valence-electron chi connectivity index (χ3n) is 6.10. The fourth-order valence-electron chi connectivity index (χ4n) is 4.18. The van der Waals surface area contributed by atoms with Gasteiger partial charge in [0.15, 0.2) is 0 Å². The Kier molecular flexibility index (Phi) is 8.83. The summed E-state index contributed by atoms with van der Waals surface area (Å²) in [4.78, 5) is 19.7. The predicted octanol–water partition coefficient (Wildman–Crippen LogP) is 5.21. The summed E-state index contributed by atoms with van der Waals surface area (Å²) in [5.41, 5.74) is 7.17. The highest BCUT2D eigenvalue weighted by molar-refractivity contribution is 6.04. The van der Waals surface area contributed by atoms with Crippen molar-refractivity contribution in [3.63, 3.8) is 0 Å². The van der Waals surface area contributed by atoms with Crippen LogP contribution in [0.2, 0.25) is 0 Å². The zero-order valence-electron chi connectivity index (χ0n) is 21.7. The maximum absolute atomic E-state index is 13.6. The van der Waals surface area contributed by atoms with Crippen LogP contribution in [0.1, 0.15) is 35.2 Å². The van der Waals surface area contributed by atoms with E-state index in [9.17, 15) is 23.2 Å². The van der Waals surface area contributed by atoms with Crippen LogP contribution in [0.3, 0.4) is 0 Å². The van der Waals surface area contributed by atoms with Gasteiger partial charge in [-0.25, -0.2) is 15.2 Å². The molecule has 1 atom stereocenters. The summed E-state index contributed by atoms with van der Waals surface area (Å²) in [6.07, 6.45) is -4.58. The van der Waals surface area contributed by atoms with Crippen LogP contribution < -0.4 is 15.8 Å². The highest BCUT2D eigenvalue weighted by Gasteiger charge is 2.36. The Bertz CT molecular complexity index is 1450. The number of aliphatic imine (C=N–C) groups is 1. The Morgan fingerprint density at radius 2 is 1.80 bits per heavy atom. The number of carbonyl (C=O) groups is 1. The highest BCUT2D eigenvalue weighted by atomic mass is 19.4. The van der Waals surface area contributed by atoms with Crippen LogP contribution >= 0.6 is 0 Å². The number of guanidine groups is 1. The number of alkyl halides is 3. The fourth-order valence-corrected chi connectivity index (χ4v) is 4.18. The number of rotatable bonds is 8. The third kappa shape index (κ3) is 6.48. The first kappa shape index (κ1) is 28.4. The van der Waals surface area contributed by atoms with E-state index in [1.807, 2.05) is 30.3 Å². The number of methoxy groups -OCH3 is 1. The van der Waals surface area contributed by atoms with E-state index in [1.165, 1.54) is 24.1 Å². The summed E-state index contributed by atoms with van der Waals surface area (Å²) in [5, 5.41) is 9.22. The lowest BCUT2D eigenvalue weighted by Crippen LogP contribution is -2.50. The van der Waals surface area contributed by atoms with Gasteiger partial charge in [-0.05, 0) is 48.4 Å². The average Bonchev–Trinajstić information content (AvgIpc) is 2.96. The van der Waals surface area contributed by atoms with Gasteiger partial charge in [0.2, 0.25) is 5.96 Å². The molecule has 3 aromatic carbocycles. The number of carbonyl (C=O) groups excluding carboxylic acids is 1. The molecular weight excluding hydrogens is 523 g/mol. The van der Waals surface area contributed by atoms with Crippen LogP contribution in [0.4, 0.5) is 18.9 Å². The van der Waals surface area contributed by atoms with Crippen LogP contribution in [0.15, 0.2) is 95.1 Å². The lowest BCUT2D eigenvalue weighted by atomic mass is 9.94. The second kappa shape index (κ2) is 12.5. The predicted molar refractivity (Wildman–Crippen MR) is 142 cm³/mol. The molecule has 8 nitrogen and oxygen atoms in total. The third-order valence-corrected chi connectivity index (χ3v) is 6.10. The standard InChI is InChI=1S/C29H26F3N5O3/c1-19-25(27(38)40-17-21-7-4-3-5-8-21)26(22-13-11-20(16-33)12-14-22)35-28(36-34-18-39-2)37(19)24-10-6-9-23(15-24)29(30,31)32/h3-15,26,34H,17-18H2,1-2H3,(H,35,36). The molecule has 0 saturated carbocycles. The first-order chi connectivity index (χ1) is 19.2. The number of hydrogen-bond acceptors (Lipinski definition) is 8. The van der Waals surface area contributed by atoms with E-state index in [1.54, 1.807) is 31.2 Å². The second-order valence-corrected chi connectivity index (χ2v) is 8.77. The molecule has 1 aliphatic rings. The molecule has 0 fully saturated rings. The van der Waals surface area contributed by atoms with Gasteiger partial charge >= 0.3 is 12.1 Å². The van der Waals surface area contributed by atoms with Gasteiger partial charge < -0.3 is 9.47 Å². The van der Waals surface area contributed by atoms with E-state index in [-0.39, 0.29) is 30.6 Å². The van der Waals surface area contributed by atoms with Gasteiger partial charge in [0, 0.05) is 18.5 Å². The number of nitrogens with one attached hydrogen (secondary N) is 2. The number of ether oxygens (including phenoxy) is 2. The Morgan fingerprint density at radius 3 is 2.45 bits per heavy atom. The van der Waals surface area contributed by atoms with Gasteiger partial charge in [0.05, 0.1) is 22.8 Å². The maximum Gasteiger partial charge on any atom is 0.416 e. The van der Waals surface area contributed by atoms with Crippen molar-refractivity contribution >= 4 is 17.6 Å². The Balaban J connectivity index is 1.82. The van der Waals surface area contributed by atoms with Crippen molar-refractivity contribution in [2.75, 3.05) is 18.7 Å². The van der Waals surface area contributed by atoms with E-state index in [0.29, 0.717) is 16.8 Å². The van der Waals surface area contributed by atoms with Crippen LogP contribution in [-0.2, 0) is 27.1 Å². The van der Waals surface area contributed by atoms with Crippen molar-refractivity contribution in [3.8, 4) is 6.07 Å². The molecule has 0 spiro atoms. The number of benzene rings is 3. The molecule has 206 valence electrons. The Hall–Kier alpha value is -4.66. The highest BCUT2D eigenvalue weighted by Crippen LogP contribution is 2.38. The number of allylic oxidation sites excluding steroid dienone is 1. The smallest absolute Gasteiger partial charge is 0.416 e. The normalized spacial score (nSPS) is 15.3.